The number of hydrogen-bond donors (Lipinski definition) is 1. The highest BCUT2D eigenvalue weighted by Crippen LogP contribution is 2.37. The van der Waals surface area contributed by atoms with Crippen molar-refractivity contribution in [2.45, 2.75) is 12.6 Å². The average Bonchev–Trinajstić information content (AvgIpc) is 3.28. The summed E-state index contributed by atoms with van der Waals surface area (Å²) < 4.78 is 6.09. The van der Waals surface area contributed by atoms with Crippen molar-refractivity contribution in [2.75, 3.05) is 33.8 Å². The van der Waals surface area contributed by atoms with Crippen LogP contribution in [0.3, 0.4) is 0 Å². The topological polar surface area (TPSA) is 74.4 Å². The van der Waals surface area contributed by atoms with E-state index < -0.39 is 0 Å². The summed E-state index contributed by atoms with van der Waals surface area (Å²) in [7, 11) is 3.55. The Morgan fingerprint density at radius 2 is 2.31 bits per heavy atom. The number of ether oxygens (including phenoxy) is 1. The molecule has 1 fully saturated rings. The Hall–Kier alpha value is -2.29. The van der Waals surface area contributed by atoms with Crippen LogP contribution in [0, 0.1) is 0 Å². The molecule has 1 atom stereocenters. The smallest absolute Gasteiger partial charge is 0.263 e. The zero-order valence-corrected chi connectivity index (χ0v) is 15.6. The van der Waals surface area contributed by atoms with E-state index in [0.717, 1.165) is 46.0 Å². The molecule has 0 aromatic carbocycles. The second-order valence-electron chi connectivity index (χ2n) is 6.58. The van der Waals surface area contributed by atoms with Gasteiger partial charge in [-0.05, 0) is 12.1 Å². The van der Waals surface area contributed by atoms with E-state index in [9.17, 15) is 4.79 Å². The summed E-state index contributed by atoms with van der Waals surface area (Å²) in [5, 5.41) is 8.03. The summed E-state index contributed by atoms with van der Waals surface area (Å²) in [5.41, 5.74) is 2.04. The molecule has 1 saturated heterocycles. The van der Waals surface area contributed by atoms with E-state index in [1.807, 2.05) is 18.2 Å². The van der Waals surface area contributed by atoms with Crippen molar-refractivity contribution in [1.82, 2.24) is 25.0 Å². The highest BCUT2D eigenvalue weighted by Gasteiger charge is 2.30. The van der Waals surface area contributed by atoms with Crippen LogP contribution in [0.25, 0.3) is 10.2 Å². The number of morpholine rings is 1. The number of fused-ring (bicyclic) bond motifs is 1. The molecule has 0 unspecified atom stereocenters. The largest absolute Gasteiger partial charge is 0.371 e. The van der Waals surface area contributed by atoms with E-state index in [0.29, 0.717) is 6.61 Å². The normalized spacial score (nSPS) is 18.3. The van der Waals surface area contributed by atoms with Gasteiger partial charge in [0.15, 0.2) is 0 Å². The number of rotatable bonds is 4. The number of carbonyl (C=O) groups is 1. The lowest BCUT2D eigenvalue weighted by Gasteiger charge is -2.33. The first-order valence-corrected chi connectivity index (χ1v) is 9.36. The molecule has 3 aromatic heterocycles. The Kier molecular flexibility index (Phi) is 4.71. The molecule has 0 spiro atoms. The van der Waals surface area contributed by atoms with Crippen LogP contribution >= 0.6 is 11.3 Å². The van der Waals surface area contributed by atoms with E-state index in [4.69, 9.17) is 4.74 Å². The van der Waals surface area contributed by atoms with E-state index in [1.165, 1.54) is 11.3 Å². The van der Waals surface area contributed by atoms with Crippen molar-refractivity contribution in [3.63, 3.8) is 0 Å². The number of nitrogens with zero attached hydrogens (tertiary/aromatic N) is 4. The molecule has 8 heteroatoms. The molecular weight excluding hydrogens is 350 g/mol. The number of H-pyrrole nitrogens is 1. The fourth-order valence-electron chi connectivity index (χ4n) is 3.27. The number of amides is 1. The minimum atomic E-state index is -0.150. The molecule has 1 aliphatic heterocycles. The Balaban J connectivity index is 1.68. The van der Waals surface area contributed by atoms with Gasteiger partial charge in [-0.1, -0.05) is 6.07 Å². The third kappa shape index (κ3) is 3.23. The maximum atomic E-state index is 12.7. The Labute approximate surface area is 155 Å². The van der Waals surface area contributed by atoms with Gasteiger partial charge in [0, 0.05) is 62.8 Å². The summed E-state index contributed by atoms with van der Waals surface area (Å²) in [6, 6.07) is 5.92. The number of carbonyl (C=O) groups excluding carboxylic acids is 1. The first-order valence-electron chi connectivity index (χ1n) is 8.54. The van der Waals surface area contributed by atoms with Gasteiger partial charge in [-0.2, -0.15) is 5.10 Å². The predicted octanol–water partition coefficient (Wildman–Crippen LogP) is 2.29. The number of thiophene rings is 1. The van der Waals surface area contributed by atoms with Gasteiger partial charge >= 0.3 is 0 Å². The monoisotopic (exact) mass is 371 g/mol. The molecule has 3 aromatic rings. The van der Waals surface area contributed by atoms with Crippen molar-refractivity contribution in [2.24, 2.45) is 0 Å². The van der Waals surface area contributed by atoms with Gasteiger partial charge in [0.2, 0.25) is 0 Å². The van der Waals surface area contributed by atoms with Gasteiger partial charge < -0.3 is 9.64 Å². The van der Waals surface area contributed by atoms with E-state index in [-0.39, 0.29) is 12.0 Å². The van der Waals surface area contributed by atoms with Crippen LogP contribution in [-0.2, 0) is 11.3 Å². The van der Waals surface area contributed by atoms with Gasteiger partial charge in [0.05, 0.1) is 12.7 Å². The third-order valence-corrected chi connectivity index (χ3v) is 5.65. The maximum absolute atomic E-state index is 12.7. The number of aromatic amines is 1. The molecule has 1 N–H and O–H groups in total. The fraction of sp³-hybridized carbons (Fsp3) is 0.389. The molecule has 0 aliphatic carbocycles. The van der Waals surface area contributed by atoms with Crippen molar-refractivity contribution in [3.05, 3.63) is 46.7 Å². The molecule has 1 aliphatic rings. The van der Waals surface area contributed by atoms with E-state index >= 15 is 0 Å². The lowest BCUT2D eigenvalue weighted by molar-refractivity contribution is -0.0327. The van der Waals surface area contributed by atoms with Crippen LogP contribution in [0.15, 0.2) is 30.6 Å². The third-order valence-electron chi connectivity index (χ3n) is 4.53. The first kappa shape index (κ1) is 17.1. The van der Waals surface area contributed by atoms with Crippen LogP contribution in [-0.4, -0.2) is 64.7 Å². The molecule has 26 heavy (non-hydrogen) atoms. The standard InChI is InChI=1S/C18H21N5O2S/c1-22(2)18(24)16-15(13-4-3-6-19-17(13)26-16)14-11-23(8-9-25-14)10-12-5-7-20-21-12/h3-7,14H,8-11H2,1-2H3,(H,20,21)/t14-/m1/s1. The Morgan fingerprint density at radius 1 is 1.42 bits per heavy atom. The molecule has 0 radical (unpaired) electrons. The van der Waals surface area contributed by atoms with Gasteiger partial charge in [-0.25, -0.2) is 4.98 Å². The number of nitrogens with one attached hydrogen (secondary N) is 1. The number of pyridine rings is 1. The van der Waals surface area contributed by atoms with Gasteiger partial charge in [0.25, 0.3) is 5.91 Å². The second kappa shape index (κ2) is 7.14. The highest BCUT2D eigenvalue weighted by molar-refractivity contribution is 7.20. The van der Waals surface area contributed by atoms with Gasteiger partial charge in [-0.15, -0.1) is 11.3 Å². The van der Waals surface area contributed by atoms with Crippen LogP contribution in [0.1, 0.15) is 27.0 Å². The molecule has 4 heterocycles. The number of aromatic nitrogens is 3. The molecule has 136 valence electrons. The quantitative estimate of drug-likeness (QED) is 0.762. The minimum absolute atomic E-state index is 0.00251. The van der Waals surface area contributed by atoms with Crippen LogP contribution in [0.2, 0.25) is 0 Å². The molecule has 1 amide bonds. The van der Waals surface area contributed by atoms with Crippen LogP contribution in [0.4, 0.5) is 0 Å². The predicted molar refractivity (Wildman–Crippen MR) is 100 cm³/mol. The maximum Gasteiger partial charge on any atom is 0.263 e. The van der Waals surface area contributed by atoms with E-state index in [2.05, 4.69) is 20.1 Å². The summed E-state index contributed by atoms with van der Waals surface area (Å²) >= 11 is 1.44. The molecule has 0 saturated carbocycles. The van der Waals surface area contributed by atoms with Crippen molar-refractivity contribution >= 4 is 27.5 Å². The molecule has 0 bridgehead atoms. The van der Waals surface area contributed by atoms with Crippen LogP contribution < -0.4 is 0 Å². The molecular formula is C18H21N5O2S. The van der Waals surface area contributed by atoms with Crippen molar-refractivity contribution in [3.8, 4) is 0 Å². The Morgan fingerprint density at radius 3 is 3.08 bits per heavy atom. The van der Waals surface area contributed by atoms with Crippen LogP contribution in [0.5, 0.6) is 0 Å². The summed E-state index contributed by atoms with van der Waals surface area (Å²) in [6.07, 6.45) is 3.38. The lowest BCUT2D eigenvalue weighted by atomic mass is 10.0. The SMILES string of the molecule is CN(C)C(=O)c1sc2ncccc2c1[C@H]1CN(Cc2ccn[nH]2)CCO1. The zero-order valence-electron chi connectivity index (χ0n) is 14.8. The summed E-state index contributed by atoms with van der Waals surface area (Å²) in [4.78, 5) is 22.7. The Bertz CT molecular complexity index is 906. The lowest BCUT2D eigenvalue weighted by Crippen LogP contribution is -2.38. The van der Waals surface area contributed by atoms with E-state index in [1.54, 1.807) is 31.4 Å². The zero-order chi connectivity index (χ0) is 18.1. The second-order valence-corrected chi connectivity index (χ2v) is 7.58. The molecule has 4 rings (SSSR count). The van der Waals surface area contributed by atoms with Crippen molar-refractivity contribution in [1.29, 1.82) is 0 Å². The molecule has 7 nitrogen and oxygen atoms in total. The van der Waals surface area contributed by atoms with Gasteiger partial charge in [-0.3, -0.25) is 14.8 Å². The summed E-state index contributed by atoms with van der Waals surface area (Å²) in [5.74, 6) is -0.00251. The van der Waals surface area contributed by atoms with Gasteiger partial charge in [0.1, 0.15) is 9.71 Å². The average molecular weight is 371 g/mol. The fourth-order valence-corrected chi connectivity index (χ4v) is 4.48. The number of hydrogen-bond acceptors (Lipinski definition) is 6. The minimum Gasteiger partial charge on any atom is -0.371 e. The first-order chi connectivity index (χ1) is 12.6. The summed E-state index contributed by atoms with van der Waals surface area (Å²) in [6.45, 7) is 3.00. The van der Waals surface area contributed by atoms with Crippen molar-refractivity contribution < 1.29 is 9.53 Å². The highest BCUT2D eigenvalue weighted by atomic mass is 32.1.